The van der Waals surface area contributed by atoms with Crippen molar-refractivity contribution in [3.63, 3.8) is 0 Å². The summed E-state index contributed by atoms with van der Waals surface area (Å²) >= 11 is 0. The summed E-state index contributed by atoms with van der Waals surface area (Å²) in [5.41, 5.74) is 4.26. The Morgan fingerprint density at radius 3 is 2.84 bits per heavy atom. The average Bonchev–Trinajstić information content (AvgIpc) is 3.17. The molecule has 0 radical (unpaired) electrons. The van der Waals surface area contributed by atoms with Gasteiger partial charge in [0.25, 0.3) is 0 Å². The lowest BCUT2D eigenvalue weighted by Gasteiger charge is -2.16. The molecule has 1 aromatic carbocycles. The number of benzene rings is 1. The van der Waals surface area contributed by atoms with Crippen molar-refractivity contribution in [3.8, 4) is 0 Å². The van der Waals surface area contributed by atoms with Crippen molar-refractivity contribution in [2.45, 2.75) is 33.6 Å². The van der Waals surface area contributed by atoms with Gasteiger partial charge < -0.3 is 9.84 Å². The summed E-state index contributed by atoms with van der Waals surface area (Å²) in [5, 5.41) is 15.6. The number of anilines is 2. The van der Waals surface area contributed by atoms with Crippen LogP contribution in [0.15, 0.2) is 35.1 Å². The highest BCUT2D eigenvalue weighted by Crippen LogP contribution is 2.28. The number of rotatable bonds is 4. The maximum absolute atomic E-state index is 5.52. The van der Waals surface area contributed by atoms with Gasteiger partial charge in [0, 0.05) is 29.5 Å². The van der Waals surface area contributed by atoms with E-state index in [0.29, 0.717) is 17.0 Å². The van der Waals surface area contributed by atoms with E-state index in [9.17, 15) is 0 Å². The van der Waals surface area contributed by atoms with Gasteiger partial charge in [-0.1, -0.05) is 25.9 Å². The molecule has 128 valence electrons. The Labute approximate surface area is 144 Å². The standard InChI is InChI=1S/C18H20N6O/c1-18(2,3)7-6-13-12-5-4-11(10-14(12)25-24-13)21-17-15-16(22-23-17)20-9-8-19-15/h4-5,8-10H,6-7H2,1-3H3,(H2,20,21,22,23). The molecule has 0 atom stereocenters. The lowest BCUT2D eigenvalue weighted by Crippen LogP contribution is -2.06. The second kappa shape index (κ2) is 5.84. The molecule has 0 saturated heterocycles. The Bertz CT molecular complexity index is 1030. The molecule has 3 aromatic heterocycles. The van der Waals surface area contributed by atoms with E-state index >= 15 is 0 Å². The normalized spacial score (nSPS) is 12.1. The predicted octanol–water partition coefficient (Wildman–Crippen LogP) is 4.22. The van der Waals surface area contributed by atoms with Crippen molar-refractivity contribution in [2.75, 3.05) is 5.32 Å². The third-order valence-corrected chi connectivity index (χ3v) is 4.12. The Balaban J connectivity index is 1.59. The average molecular weight is 336 g/mol. The number of aryl methyl sites for hydroxylation is 1. The van der Waals surface area contributed by atoms with Crippen LogP contribution >= 0.6 is 0 Å². The van der Waals surface area contributed by atoms with Crippen LogP contribution in [0.4, 0.5) is 11.5 Å². The topological polar surface area (TPSA) is 92.5 Å². The molecular weight excluding hydrogens is 316 g/mol. The molecule has 0 aliphatic carbocycles. The highest BCUT2D eigenvalue weighted by atomic mass is 16.5. The molecule has 4 aromatic rings. The van der Waals surface area contributed by atoms with Gasteiger partial charge in [0.15, 0.2) is 22.6 Å². The molecule has 7 nitrogen and oxygen atoms in total. The monoisotopic (exact) mass is 336 g/mol. The Morgan fingerprint density at radius 2 is 2.00 bits per heavy atom. The van der Waals surface area contributed by atoms with Crippen LogP contribution in [0, 0.1) is 5.41 Å². The van der Waals surface area contributed by atoms with Crippen molar-refractivity contribution in [3.05, 3.63) is 36.3 Å². The molecule has 0 aliphatic heterocycles. The molecule has 2 N–H and O–H groups in total. The smallest absolute Gasteiger partial charge is 0.180 e. The van der Waals surface area contributed by atoms with E-state index < -0.39 is 0 Å². The van der Waals surface area contributed by atoms with Gasteiger partial charge in [0.1, 0.15) is 0 Å². The van der Waals surface area contributed by atoms with E-state index in [1.54, 1.807) is 12.4 Å². The first kappa shape index (κ1) is 15.6. The number of nitrogens with zero attached hydrogens (tertiary/aromatic N) is 4. The zero-order valence-corrected chi connectivity index (χ0v) is 14.5. The molecule has 0 spiro atoms. The van der Waals surface area contributed by atoms with Crippen molar-refractivity contribution in [2.24, 2.45) is 5.41 Å². The third kappa shape index (κ3) is 3.17. The molecular formula is C18H20N6O. The number of hydrogen-bond donors (Lipinski definition) is 2. The van der Waals surface area contributed by atoms with Gasteiger partial charge >= 0.3 is 0 Å². The Morgan fingerprint density at radius 1 is 1.16 bits per heavy atom. The summed E-state index contributed by atoms with van der Waals surface area (Å²) < 4.78 is 5.52. The van der Waals surface area contributed by atoms with E-state index in [2.05, 4.69) is 51.4 Å². The molecule has 4 rings (SSSR count). The molecule has 0 unspecified atom stereocenters. The highest BCUT2D eigenvalue weighted by molar-refractivity contribution is 5.88. The van der Waals surface area contributed by atoms with E-state index in [4.69, 9.17) is 4.52 Å². The Hall–Kier alpha value is -2.96. The minimum Gasteiger partial charge on any atom is -0.356 e. The van der Waals surface area contributed by atoms with Crippen molar-refractivity contribution in [1.82, 2.24) is 25.3 Å². The van der Waals surface area contributed by atoms with Crippen LogP contribution in [0.25, 0.3) is 22.1 Å². The maximum Gasteiger partial charge on any atom is 0.180 e. The first-order valence-corrected chi connectivity index (χ1v) is 8.30. The summed E-state index contributed by atoms with van der Waals surface area (Å²) in [6.45, 7) is 6.69. The van der Waals surface area contributed by atoms with Gasteiger partial charge in [0.05, 0.1) is 5.69 Å². The molecule has 3 heterocycles. The molecule has 25 heavy (non-hydrogen) atoms. The van der Waals surface area contributed by atoms with Crippen molar-refractivity contribution < 1.29 is 4.52 Å². The summed E-state index contributed by atoms with van der Waals surface area (Å²) in [6, 6.07) is 5.96. The van der Waals surface area contributed by atoms with Crippen molar-refractivity contribution in [1.29, 1.82) is 0 Å². The van der Waals surface area contributed by atoms with Crippen LogP contribution in [0.3, 0.4) is 0 Å². The zero-order valence-electron chi connectivity index (χ0n) is 14.5. The molecule has 0 aliphatic rings. The van der Waals surface area contributed by atoms with Crippen LogP contribution in [-0.2, 0) is 6.42 Å². The van der Waals surface area contributed by atoms with Gasteiger partial charge in [-0.2, -0.15) is 5.10 Å². The summed E-state index contributed by atoms with van der Waals surface area (Å²) in [6.07, 6.45) is 5.24. The third-order valence-electron chi connectivity index (χ3n) is 4.12. The molecule has 0 bridgehead atoms. The number of fused-ring (bicyclic) bond motifs is 2. The number of H-pyrrole nitrogens is 1. The minimum atomic E-state index is 0.273. The van der Waals surface area contributed by atoms with E-state index in [1.165, 1.54) is 0 Å². The van der Waals surface area contributed by atoms with Crippen LogP contribution in [0.2, 0.25) is 0 Å². The zero-order chi connectivity index (χ0) is 17.4. The highest BCUT2D eigenvalue weighted by Gasteiger charge is 2.15. The summed E-state index contributed by atoms with van der Waals surface area (Å²) in [5.74, 6) is 0.634. The van der Waals surface area contributed by atoms with Crippen LogP contribution in [-0.4, -0.2) is 25.3 Å². The van der Waals surface area contributed by atoms with Crippen LogP contribution < -0.4 is 5.32 Å². The minimum absolute atomic E-state index is 0.273. The Kier molecular flexibility index (Phi) is 3.63. The molecule has 7 heteroatoms. The van der Waals surface area contributed by atoms with Gasteiger partial charge in [0.2, 0.25) is 0 Å². The van der Waals surface area contributed by atoms with E-state index in [1.807, 2.05) is 18.2 Å². The number of aromatic nitrogens is 5. The largest absolute Gasteiger partial charge is 0.356 e. The van der Waals surface area contributed by atoms with Crippen molar-refractivity contribution >= 4 is 33.6 Å². The fraction of sp³-hybridized carbons (Fsp3) is 0.333. The second-order valence-corrected chi connectivity index (χ2v) is 7.35. The van der Waals surface area contributed by atoms with Crippen LogP contribution in [0.5, 0.6) is 0 Å². The first-order chi connectivity index (χ1) is 12.0. The molecule has 0 fully saturated rings. The van der Waals surface area contributed by atoms with E-state index in [-0.39, 0.29) is 5.41 Å². The number of aromatic amines is 1. The lowest BCUT2D eigenvalue weighted by molar-refractivity contribution is 0.369. The van der Waals surface area contributed by atoms with Crippen LogP contribution in [0.1, 0.15) is 32.9 Å². The second-order valence-electron chi connectivity index (χ2n) is 7.35. The maximum atomic E-state index is 5.52. The number of nitrogens with one attached hydrogen (secondary N) is 2. The van der Waals surface area contributed by atoms with Gasteiger partial charge in [-0.25, -0.2) is 9.97 Å². The summed E-state index contributed by atoms with van der Waals surface area (Å²) in [7, 11) is 0. The molecule has 0 amide bonds. The van der Waals surface area contributed by atoms with Gasteiger partial charge in [-0.3, -0.25) is 5.10 Å². The first-order valence-electron chi connectivity index (χ1n) is 8.30. The summed E-state index contributed by atoms with van der Waals surface area (Å²) in [4.78, 5) is 8.48. The van der Waals surface area contributed by atoms with E-state index in [0.717, 1.165) is 35.2 Å². The quantitative estimate of drug-likeness (QED) is 0.580. The number of hydrogen-bond acceptors (Lipinski definition) is 6. The SMILES string of the molecule is CC(C)(C)CCc1noc2cc(Nc3n[nH]c4nccnc34)ccc12. The van der Waals surface area contributed by atoms with Gasteiger partial charge in [-0.05, 0) is 30.4 Å². The fourth-order valence-corrected chi connectivity index (χ4v) is 2.72. The lowest BCUT2D eigenvalue weighted by atomic mass is 9.89. The van der Waals surface area contributed by atoms with Gasteiger partial charge in [-0.15, -0.1) is 0 Å². The fourth-order valence-electron chi connectivity index (χ4n) is 2.72. The molecule has 0 saturated carbocycles. The predicted molar refractivity (Wildman–Crippen MR) is 96.8 cm³/mol.